The standard InChI is InChI=1S/C13H18FN3/c1-3-17-11-6-4-5-10(14)12(11)16-13(17)9(2)7-8-15/h4-6,9H,3,7-8,15H2,1-2H3. The minimum Gasteiger partial charge on any atom is -0.330 e. The number of aryl methyl sites for hydroxylation is 1. The van der Waals surface area contributed by atoms with E-state index in [1.165, 1.54) is 6.07 Å². The number of benzene rings is 1. The van der Waals surface area contributed by atoms with E-state index >= 15 is 0 Å². The van der Waals surface area contributed by atoms with Crippen molar-refractivity contribution in [2.75, 3.05) is 6.54 Å². The summed E-state index contributed by atoms with van der Waals surface area (Å²) in [5, 5.41) is 0. The highest BCUT2D eigenvalue weighted by Gasteiger charge is 2.16. The van der Waals surface area contributed by atoms with Crippen molar-refractivity contribution in [2.24, 2.45) is 5.73 Å². The van der Waals surface area contributed by atoms with Gasteiger partial charge in [-0.25, -0.2) is 9.37 Å². The van der Waals surface area contributed by atoms with E-state index < -0.39 is 0 Å². The molecule has 0 fully saturated rings. The summed E-state index contributed by atoms with van der Waals surface area (Å²) in [5.41, 5.74) is 6.90. The molecule has 2 rings (SSSR count). The van der Waals surface area contributed by atoms with Gasteiger partial charge in [-0.1, -0.05) is 13.0 Å². The number of hydrogen-bond acceptors (Lipinski definition) is 2. The van der Waals surface area contributed by atoms with Gasteiger partial charge in [0.2, 0.25) is 0 Å². The van der Waals surface area contributed by atoms with E-state index in [2.05, 4.69) is 16.5 Å². The number of imidazole rings is 1. The Morgan fingerprint density at radius 2 is 2.24 bits per heavy atom. The zero-order chi connectivity index (χ0) is 12.4. The van der Waals surface area contributed by atoms with Crippen molar-refractivity contribution in [3.8, 4) is 0 Å². The molecule has 17 heavy (non-hydrogen) atoms. The first-order chi connectivity index (χ1) is 8.19. The third-order valence-corrected chi connectivity index (χ3v) is 3.12. The SMILES string of the molecule is CCn1c(C(C)CCN)nc2c(F)cccc21. The Hall–Kier alpha value is -1.42. The van der Waals surface area contributed by atoms with Gasteiger partial charge in [0.1, 0.15) is 11.3 Å². The van der Waals surface area contributed by atoms with Gasteiger partial charge >= 0.3 is 0 Å². The summed E-state index contributed by atoms with van der Waals surface area (Å²) in [7, 11) is 0. The topological polar surface area (TPSA) is 43.8 Å². The Bertz CT molecular complexity index is 519. The number of aromatic nitrogens is 2. The zero-order valence-corrected chi connectivity index (χ0v) is 10.3. The molecule has 0 radical (unpaired) electrons. The second-order valence-electron chi connectivity index (χ2n) is 4.30. The molecule has 1 aromatic heterocycles. The van der Waals surface area contributed by atoms with Crippen LogP contribution in [0, 0.1) is 5.82 Å². The number of para-hydroxylation sites is 1. The molecule has 1 heterocycles. The van der Waals surface area contributed by atoms with Crippen LogP contribution in [0.25, 0.3) is 11.0 Å². The predicted molar refractivity (Wildman–Crippen MR) is 67.5 cm³/mol. The van der Waals surface area contributed by atoms with Crippen LogP contribution in [0.5, 0.6) is 0 Å². The fraction of sp³-hybridized carbons (Fsp3) is 0.462. The number of nitrogens with zero attached hydrogens (tertiary/aromatic N) is 2. The largest absolute Gasteiger partial charge is 0.330 e. The smallest absolute Gasteiger partial charge is 0.151 e. The minimum atomic E-state index is -0.254. The predicted octanol–water partition coefficient (Wildman–Crippen LogP) is 2.65. The Morgan fingerprint density at radius 1 is 1.47 bits per heavy atom. The normalized spacial score (nSPS) is 13.2. The van der Waals surface area contributed by atoms with E-state index in [-0.39, 0.29) is 11.7 Å². The number of rotatable bonds is 4. The fourth-order valence-electron chi connectivity index (χ4n) is 2.22. The maximum atomic E-state index is 13.7. The second kappa shape index (κ2) is 4.84. The summed E-state index contributed by atoms with van der Waals surface area (Å²) in [5.74, 6) is 0.931. The van der Waals surface area contributed by atoms with Gasteiger partial charge in [0.15, 0.2) is 5.82 Å². The molecule has 0 aliphatic rings. The Labute approximate surface area is 100 Å². The number of nitrogens with two attached hydrogens (primary N) is 1. The van der Waals surface area contributed by atoms with Crippen molar-refractivity contribution in [3.05, 3.63) is 29.8 Å². The molecule has 1 aromatic carbocycles. The second-order valence-corrected chi connectivity index (χ2v) is 4.30. The average Bonchev–Trinajstić information content (AvgIpc) is 2.69. The summed E-state index contributed by atoms with van der Waals surface area (Å²) in [6.45, 7) is 5.55. The van der Waals surface area contributed by atoms with E-state index in [9.17, 15) is 4.39 Å². The van der Waals surface area contributed by atoms with Crippen molar-refractivity contribution in [1.82, 2.24) is 9.55 Å². The molecular formula is C13H18FN3. The van der Waals surface area contributed by atoms with Gasteiger partial charge in [0.25, 0.3) is 0 Å². The highest BCUT2D eigenvalue weighted by molar-refractivity contribution is 5.76. The van der Waals surface area contributed by atoms with E-state index in [0.29, 0.717) is 12.1 Å². The van der Waals surface area contributed by atoms with Crippen LogP contribution in [0.3, 0.4) is 0 Å². The summed E-state index contributed by atoms with van der Waals surface area (Å²) >= 11 is 0. The summed E-state index contributed by atoms with van der Waals surface area (Å²) in [6, 6.07) is 5.09. The third-order valence-electron chi connectivity index (χ3n) is 3.12. The highest BCUT2D eigenvalue weighted by atomic mass is 19.1. The molecule has 3 nitrogen and oxygen atoms in total. The van der Waals surface area contributed by atoms with Crippen molar-refractivity contribution >= 4 is 11.0 Å². The molecule has 0 saturated carbocycles. The van der Waals surface area contributed by atoms with Crippen LogP contribution in [-0.4, -0.2) is 16.1 Å². The van der Waals surface area contributed by atoms with Gasteiger partial charge in [-0.2, -0.15) is 0 Å². The minimum absolute atomic E-state index is 0.254. The maximum Gasteiger partial charge on any atom is 0.151 e. The first-order valence-electron chi connectivity index (χ1n) is 6.03. The molecule has 0 amide bonds. The fourth-order valence-corrected chi connectivity index (χ4v) is 2.22. The molecular weight excluding hydrogens is 217 g/mol. The molecule has 0 bridgehead atoms. The van der Waals surface area contributed by atoms with Gasteiger partial charge in [-0.15, -0.1) is 0 Å². The van der Waals surface area contributed by atoms with Crippen molar-refractivity contribution in [1.29, 1.82) is 0 Å². The van der Waals surface area contributed by atoms with Crippen LogP contribution in [-0.2, 0) is 6.54 Å². The quantitative estimate of drug-likeness (QED) is 0.885. The maximum absolute atomic E-state index is 13.7. The van der Waals surface area contributed by atoms with Gasteiger partial charge < -0.3 is 10.3 Å². The molecule has 2 aromatic rings. The lowest BCUT2D eigenvalue weighted by molar-refractivity contribution is 0.598. The van der Waals surface area contributed by atoms with Crippen molar-refractivity contribution < 1.29 is 4.39 Å². The van der Waals surface area contributed by atoms with E-state index in [4.69, 9.17) is 5.73 Å². The summed E-state index contributed by atoms with van der Waals surface area (Å²) < 4.78 is 15.7. The summed E-state index contributed by atoms with van der Waals surface area (Å²) in [4.78, 5) is 4.43. The molecule has 0 aliphatic carbocycles. The zero-order valence-electron chi connectivity index (χ0n) is 10.3. The van der Waals surface area contributed by atoms with Crippen LogP contribution < -0.4 is 5.73 Å². The van der Waals surface area contributed by atoms with Gasteiger partial charge in [-0.05, 0) is 32.0 Å². The van der Waals surface area contributed by atoms with E-state index in [1.807, 2.05) is 13.0 Å². The molecule has 1 unspecified atom stereocenters. The lowest BCUT2D eigenvalue weighted by Crippen LogP contribution is -2.10. The molecule has 2 N–H and O–H groups in total. The highest BCUT2D eigenvalue weighted by Crippen LogP contribution is 2.25. The summed E-state index contributed by atoms with van der Waals surface area (Å²) in [6.07, 6.45) is 0.866. The Morgan fingerprint density at radius 3 is 2.88 bits per heavy atom. The first-order valence-corrected chi connectivity index (χ1v) is 6.03. The van der Waals surface area contributed by atoms with E-state index in [0.717, 1.165) is 24.3 Å². The molecule has 0 aliphatic heterocycles. The van der Waals surface area contributed by atoms with Crippen LogP contribution in [0.15, 0.2) is 18.2 Å². The van der Waals surface area contributed by atoms with Gasteiger partial charge in [0.05, 0.1) is 5.52 Å². The Kier molecular flexibility index (Phi) is 3.43. The van der Waals surface area contributed by atoms with Crippen LogP contribution >= 0.6 is 0 Å². The first kappa shape index (κ1) is 12.0. The average molecular weight is 235 g/mol. The molecule has 1 atom stereocenters. The van der Waals surface area contributed by atoms with Crippen LogP contribution in [0.2, 0.25) is 0 Å². The van der Waals surface area contributed by atoms with Gasteiger partial charge in [0, 0.05) is 12.5 Å². The number of halogens is 1. The van der Waals surface area contributed by atoms with Crippen LogP contribution in [0.1, 0.15) is 32.0 Å². The van der Waals surface area contributed by atoms with Crippen molar-refractivity contribution in [2.45, 2.75) is 32.7 Å². The lowest BCUT2D eigenvalue weighted by Gasteiger charge is -2.11. The molecule has 92 valence electrons. The van der Waals surface area contributed by atoms with Crippen LogP contribution in [0.4, 0.5) is 4.39 Å². The van der Waals surface area contributed by atoms with Gasteiger partial charge in [-0.3, -0.25) is 0 Å². The van der Waals surface area contributed by atoms with E-state index in [1.54, 1.807) is 6.07 Å². The molecule has 0 spiro atoms. The lowest BCUT2D eigenvalue weighted by atomic mass is 10.1. The number of fused-ring (bicyclic) bond motifs is 1. The Balaban J connectivity index is 2.59. The monoisotopic (exact) mass is 235 g/mol. The number of hydrogen-bond donors (Lipinski definition) is 1. The molecule has 0 saturated heterocycles. The van der Waals surface area contributed by atoms with Crippen molar-refractivity contribution in [3.63, 3.8) is 0 Å². The molecule has 4 heteroatoms. The third kappa shape index (κ3) is 2.05.